The molecule has 6 heteroatoms. The van der Waals surface area contributed by atoms with Crippen LogP contribution < -0.4 is 10.1 Å². The highest BCUT2D eigenvalue weighted by Crippen LogP contribution is 2.17. The van der Waals surface area contributed by atoms with Crippen LogP contribution in [0.1, 0.15) is 18.9 Å². The molecule has 0 aliphatic heterocycles. The van der Waals surface area contributed by atoms with E-state index < -0.39 is 0 Å². The number of hydrogen-bond acceptors (Lipinski definition) is 4. The Hall–Kier alpha value is -2.60. The third-order valence-electron chi connectivity index (χ3n) is 3.80. The Morgan fingerprint density at radius 1 is 1.19 bits per heavy atom. The second kappa shape index (κ2) is 10.4. The molecule has 0 radical (unpaired) electrons. The lowest BCUT2D eigenvalue weighted by Gasteiger charge is -2.21. The molecule has 0 bridgehead atoms. The van der Waals surface area contributed by atoms with Crippen LogP contribution in [0.2, 0.25) is 0 Å². The molecule has 2 aromatic carbocycles. The smallest absolute Gasteiger partial charge is 0.234 e. The van der Waals surface area contributed by atoms with Crippen LogP contribution in [0.5, 0.6) is 11.5 Å². The van der Waals surface area contributed by atoms with Gasteiger partial charge < -0.3 is 15.2 Å². The minimum absolute atomic E-state index is 0.100. The first kappa shape index (κ1) is 19.7. The summed E-state index contributed by atoms with van der Waals surface area (Å²) in [7, 11) is 0. The van der Waals surface area contributed by atoms with E-state index in [0.717, 1.165) is 18.5 Å². The van der Waals surface area contributed by atoms with Crippen molar-refractivity contribution in [1.82, 2.24) is 10.2 Å². The quantitative estimate of drug-likeness (QED) is 0.640. The van der Waals surface area contributed by atoms with E-state index in [1.807, 2.05) is 24.0 Å². The summed E-state index contributed by atoms with van der Waals surface area (Å²) in [6.07, 6.45) is 0.911. The molecule has 5 nitrogen and oxygen atoms in total. The number of nitrogens with zero attached hydrogens (tertiary/aromatic N) is 1. The number of amides is 1. The number of carbonyl (C=O) groups is 1. The Morgan fingerprint density at radius 3 is 2.62 bits per heavy atom. The number of rotatable bonds is 10. The molecule has 2 aromatic rings. The number of carbonyl (C=O) groups excluding carboxylic acids is 1. The summed E-state index contributed by atoms with van der Waals surface area (Å²) < 4.78 is 18.3. The van der Waals surface area contributed by atoms with Crippen molar-refractivity contribution in [3.05, 3.63) is 59.9 Å². The van der Waals surface area contributed by atoms with Gasteiger partial charge in [0.05, 0.1) is 13.1 Å². The number of nitrogens with one attached hydrogen (secondary N) is 1. The van der Waals surface area contributed by atoms with E-state index >= 15 is 0 Å². The Balaban J connectivity index is 1.74. The van der Waals surface area contributed by atoms with Crippen LogP contribution >= 0.6 is 0 Å². The standard InChI is InChI=1S/C20H25FN2O3/c1-2-12-23(14-16-5-3-4-6-19(16)24)15-20(25)22-11-13-26-18-9-7-17(21)8-10-18/h3-10,24H,2,11-15H2,1H3,(H,22,25). The van der Waals surface area contributed by atoms with Gasteiger partial charge in [-0.15, -0.1) is 0 Å². The second-order valence-electron chi connectivity index (χ2n) is 5.99. The Morgan fingerprint density at radius 2 is 1.92 bits per heavy atom. The van der Waals surface area contributed by atoms with E-state index in [0.29, 0.717) is 25.4 Å². The van der Waals surface area contributed by atoms with Gasteiger partial charge in [-0.1, -0.05) is 25.1 Å². The van der Waals surface area contributed by atoms with Gasteiger partial charge in [0.25, 0.3) is 0 Å². The lowest BCUT2D eigenvalue weighted by Crippen LogP contribution is -2.38. The van der Waals surface area contributed by atoms with Gasteiger partial charge in [-0.3, -0.25) is 9.69 Å². The summed E-state index contributed by atoms with van der Waals surface area (Å²) in [6.45, 7) is 4.25. The maximum Gasteiger partial charge on any atom is 0.234 e. The van der Waals surface area contributed by atoms with Crippen LogP contribution in [0.3, 0.4) is 0 Å². The topological polar surface area (TPSA) is 61.8 Å². The number of halogens is 1. The molecule has 0 heterocycles. The van der Waals surface area contributed by atoms with E-state index in [1.165, 1.54) is 12.1 Å². The van der Waals surface area contributed by atoms with Crippen molar-refractivity contribution in [2.45, 2.75) is 19.9 Å². The van der Waals surface area contributed by atoms with Crippen molar-refractivity contribution in [1.29, 1.82) is 0 Å². The fourth-order valence-corrected chi connectivity index (χ4v) is 2.56. The highest BCUT2D eigenvalue weighted by Gasteiger charge is 2.12. The third-order valence-corrected chi connectivity index (χ3v) is 3.80. The Labute approximate surface area is 153 Å². The molecule has 140 valence electrons. The predicted molar refractivity (Wildman–Crippen MR) is 98.6 cm³/mol. The zero-order chi connectivity index (χ0) is 18.8. The zero-order valence-corrected chi connectivity index (χ0v) is 15.0. The van der Waals surface area contributed by atoms with Crippen LogP contribution in [-0.2, 0) is 11.3 Å². The van der Waals surface area contributed by atoms with Gasteiger partial charge in [-0.2, -0.15) is 0 Å². The normalized spacial score (nSPS) is 10.7. The van der Waals surface area contributed by atoms with Crippen molar-refractivity contribution in [2.24, 2.45) is 0 Å². The van der Waals surface area contributed by atoms with Gasteiger partial charge in [0.2, 0.25) is 5.91 Å². The fraction of sp³-hybridized carbons (Fsp3) is 0.350. The molecule has 0 saturated heterocycles. The van der Waals surface area contributed by atoms with Crippen molar-refractivity contribution in [2.75, 3.05) is 26.2 Å². The van der Waals surface area contributed by atoms with Crippen LogP contribution in [0.15, 0.2) is 48.5 Å². The Kier molecular flexibility index (Phi) is 7.89. The lowest BCUT2D eigenvalue weighted by molar-refractivity contribution is -0.122. The lowest BCUT2D eigenvalue weighted by atomic mass is 10.2. The van der Waals surface area contributed by atoms with Gasteiger partial charge in [0, 0.05) is 12.1 Å². The Bertz CT molecular complexity index is 692. The molecule has 0 aliphatic carbocycles. The molecular formula is C20H25FN2O3. The average molecular weight is 360 g/mol. The maximum absolute atomic E-state index is 12.8. The second-order valence-corrected chi connectivity index (χ2v) is 5.99. The number of para-hydroxylation sites is 1. The molecule has 2 rings (SSSR count). The van der Waals surface area contributed by atoms with Crippen LogP contribution in [0, 0.1) is 5.82 Å². The van der Waals surface area contributed by atoms with Gasteiger partial charge in [0.1, 0.15) is 23.9 Å². The number of ether oxygens (including phenoxy) is 1. The van der Waals surface area contributed by atoms with E-state index in [4.69, 9.17) is 4.74 Å². The summed E-state index contributed by atoms with van der Waals surface area (Å²) in [5, 5.41) is 12.7. The van der Waals surface area contributed by atoms with Gasteiger partial charge >= 0.3 is 0 Å². The maximum atomic E-state index is 12.8. The van der Waals surface area contributed by atoms with Gasteiger partial charge in [-0.25, -0.2) is 4.39 Å². The molecule has 2 N–H and O–H groups in total. The van der Waals surface area contributed by atoms with E-state index in [9.17, 15) is 14.3 Å². The number of phenols is 1. The molecule has 0 aliphatic rings. The molecule has 0 unspecified atom stereocenters. The minimum Gasteiger partial charge on any atom is -0.508 e. The van der Waals surface area contributed by atoms with Gasteiger partial charge in [0.15, 0.2) is 0 Å². The summed E-state index contributed by atoms with van der Waals surface area (Å²) in [5.41, 5.74) is 0.799. The number of benzene rings is 2. The number of phenolic OH excluding ortho intramolecular Hbond substituents is 1. The zero-order valence-electron chi connectivity index (χ0n) is 15.0. The number of hydrogen-bond donors (Lipinski definition) is 2. The van der Waals surface area contributed by atoms with Crippen molar-refractivity contribution in [3.8, 4) is 11.5 Å². The van der Waals surface area contributed by atoms with Crippen molar-refractivity contribution >= 4 is 5.91 Å². The monoisotopic (exact) mass is 360 g/mol. The molecular weight excluding hydrogens is 335 g/mol. The molecule has 26 heavy (non-hydrogen) atoms. The number of aromatic hydroxyl groups is 1. The highest BCUT2D eigenvalue weighted by molar-refractivity contribution is 5.78. The molecule has 0 aromatic heterocycles. The first-order chi connectivity index (χ1) is 12.6. The minimum atomic E-state index is -0.314. The summed E-state index contributed by atoms with van der Waals surface area (Å²) in [6, 6.07) is 12.9. The summed E-state index contributed by atoms with van der Waals surface area (Å²) in [5.74, 6) is 0.386. The fourth-order valence-electron chi connectivity index (χ4n) is 2.56. The van der Waals surface area contributed by atoms with Crippen molar-refractivity contribution < 1.29 is 19.0 Å². The van der Waals surface area contributed by atoms with E-state index in [1.54, 1.807) is 24.3 Å². The predicted octanol–water partition coefficient (Wildman–Crippen LogP) is 2.94. The SMILES string of the molecule is CCCN(CC(=O)NCCOc1ccc(F)cc1)Cc1ccccc1O. The molecule has 0 atom stereocenters. The van der Waals surface area contributed by atoms with Crippen LogP contribution in [-0.4, -0.2) is 42.2 Å². The molecule has 1 amide bonds. The third kappa shape index (κ3) is 6.72. The van der Waals surface area contributed by atoms with E-state index in [-0.39, 0.29) is 24.0 Å². The first-order valence-electron chi connectivity index (χ1n) is 8.72. The first-order valence-corrected chi connectivity index (χ1v) is 8.72. The molecule has 0 fully saturated rings. The van der Waals surface area contributed by atoms with Crippen molar-refractivity contribution in [3.63, 3.8) is 0 Å². The van der Waals surface area contributed by atoms with Crippen LogP contribution in [0.4, 0.5) is 4.39 Å². The average Bonchev–Trinajstić information content (AvgIpc) is 2.62. The van der Waals surface area contributed by atoms with Gasteiger partial charge in [-0.05, 0) is 43.3 Å². The highest BCUT2D eigenvalue weighted by atomic mass is 19.1. The van der Waals surface area contributed by atoms with E-state index in [2.05, 4.69) is 5.32 Å². The summed E-state index contributed by atoms with van der Waals surface area (Å²) in [4.78, 5) is 14.1. The summed E-state index contributed by atoms with van der Waals surface area (Å²) >= 11 is 0. The van der Waals surface area contributed by atoms with Crippen LogP contribution in [0.25, 0.3) is 0 Å². The molecule has 0 saturated carbocycles. The largest absolute Gasteiger partial charge is 0.508 e. The molecule has 0 spiro atoms.